The molecule has 2 rings (SSSR count). The third-order valence-corrected chi connectivity index (χ3v) is 4.22. The zero-order valence-electron chi connectivity index (χ0n) is 14.5. The van der Waals surface area contributed by atoms with Crippen molar-refractivity contribution in [3.8, 4) is 11.5 Å². The number of hydrogen-bond donors (Lipinski definition) is 1. The summed E-state index contributed by atoms with van der Waals surface area (Å²) in [6, 6.07) is 5.55. The highest BCUT2D eigenvalue weighted by Crippen LogP contribution is 2.29. The quantitative estimate of drug-likeness (QED) is 0.796. The number of anilines is 1. The third kappa shape index (κ3) is 4.83. The van der Waals surface area contributed by atoms with Crippen LogP contribution < -0.4 is 14.8 Å². The van der Waals surface area contributed by atoms with Gasteiger partial charge in [-0.05, 0) is 51.5 Å². The summed E-state index contributed by atoms with van der Waals surface area (Å²) < 4.78 is 11.0. The lowest BCUT2D eigenvalue weighted by atomic mass is 10.2. The van der Waals surface area contributed by atoms with E-state index in [1.807, 2.05) is 45.9 Å². The lowest BCUT2D eigenvalue weighted by Gasteiger charge is -2.13. The number of benzene rings is 1. The van der Waals surface area contributed by atoms with Crippen molar-refractivity contribution in [2.75, 3.05) is 12.4 Å². The van der Waals surface area contributed by atoms with Gasteiger partial charge in [0.1, 0.15) is 0 Å². The largest absolute Gasteiger partial charge is 0.493 e. The molecule has 1 aromatic heterocycles. The normalized spacial score (nSPS) is 11.1. The highest BCUT2D eigenvalue weighted by molar-refractivity contribution is 7.15. The number of aromatic nitrogens is 1. The molecule has 6 heteroatoms. The summed E-state index contributed by atoms with van der Waals surface area (Å²) in [4.78, 5) is 17.4. The van der Waals surface area contributed by atoms with Gasteiger partial charge in [-0.1, -0.05) is 6.07 Å². The van der Waals surface area contributed by atoms with E-state index in [4.69, 9.17) is 9.47 Å². The van der Waals surface area contributed by atoms with Crippen molar-refractivity contribution in [3.05, 3.63) is 40.4 Å². The van der Waals surface area contributed by atoms with E-state index in [0.717, 1.165) is 16.1 Å². The van der Waals surface area contributed by atoms with Crippen molar-refractivity contribution in [1.82, 2.24) is 4.98 Å². The molecule has 1 amide bonds. The molecule has 0 saturated carbocycles. The number of ether oxygens (including phenoxy) is 2. The second kappa shape index (κ2) is 7.97. The van der Waals surface area contributed by atoms with E-state index in [0.29, 0.717) is 16.6 Å². The summed E-state index contributed by atoms with van der Waals surface area (Å²) >= 11 is 1.46. The van der Waals surface area contributed by atoms with Crippen molar-refractivity contribution < 1.29 is 14.3 Å². The molecule has 0 unspecified atom stereocenters. The van der Waals surface area contributed by atoms with Crippen LogP contribution in [0.3, 0.4) is 0 Å². The Balaban J connectivity index is 2.06. The van der Waals surface area contributed by atoms with Crippen LogP contribution in [0.2, 0.25) is 0 Å². The molecule has 0 fully saturated rings. The molecule has 1 aromatic carbocycles. The number of amides is 1. The van der Waals surface area contributed by atoms with Crippen molar-refractivity contribution in [1.29, 1.82) is 0 Å². The van der Waals surface area contributed by atoms with Gasteiger partial charge in [0.15, 0.2) is 16.6 Å². The average Bonchev–Trinajstić information content (AvgIpc) is 2.83. The van der Waals surface area contributed by atoms with Crippen molar-refractivity contribution in [3.63, 3.8) is 0 Å². The molecule has 5 nitrogen and oxygen atoms in total. The summed E-state index contributed by atoms with van der Waals surface area (Å²) in [7, 11) is 1.59. The maximum Gasteiger partial charge on any atom is 0.250 e. The topological polar surface area (TPSA) is 60.5 Å². The van der Waals surface area contributed by atoms with Crippen LogP contribution in [-0.2, 0) is 4.79 Å². The van der Waals surface area contributed by atoms with Gasteiger partial charge in [0, 0.05) is 11.0 Å². The number of carbonyl (C=O) groups is 1. The fourth-order valence-electron chi connectivity index (χ4n) is 1.98. The van der Waals surface area contributed by atoms with Gasteiger partial charge in [0.05, 0.1) is 18.9 Å². The van der Waals surface area contributed by atoms with Crippen LogP contribution >= 0.6 is 11.3 Å². The van der Waals surface area contributed by atoms with Crippen molar-refractivity contribution >= 4 is 28.5 Å². The first-order chi connectivity index (χ1) is 11.4. The molecule has 1 N–H and O–H groups in total. The Labute approximate surface area is 146 Å². The minimum absolute atomic E-state index is 0.0660. The second-order valence-corrected chi connectivity index (χ2v) is 6.76. The van der Waals surface area contributed by atoms with E-state index in [9.17, 15) is 4.79 Å². The fourth-order valence-corrected chi connectivity index (χ4v) is 2.80. The molecular formula is C18H22N2O3S. The molecular weight excluding hydrogens is 324 g/mol. The molecule has 0 aliphatic carbocycles. The molecule has 0 atom stereocenters. The SMILES string of the molecule is COc1cc(/C=C/C(=O)Nc2nc(C)c(C)s2)ccc1OC(C)C. The predicted molar refractivity (Wildman–Crippen MR) is 98.0 cm³/mol. The summed E-state index contributed by atoms with van der Waals surface area (Å²) in [5.74, 6) is 1.10. The first kappa shape index (κ1) is 18.0. The first-order valence-electron chi connectivity index (χ1n) is 7.67. The summed E-state index contributed by atoms with van der Waals surface area (Å²) in [5, 5.41) is 3.37. The van der Waals surface area contributed by atoms with Crippen LogP contribution in [0.1, 0.15) is 30.0 Å². The minimum atomic E-state index is -0.217. The average molecular weight is 346 g/mol. The Morgan fingerprint density at radius 3 is 2.62 bits per heavy atom. The highest BCUT2D eigenvalue weighted by atomic mass is 32.1. The lowest BCUT2D eigenvalue weighted by molar-refractivity contribution is -0.111. The van der Waals surface area contributed by atoms with Gasteiger partial charge >= 0.3 is 0 Å². The monoisotopic (exact) mass is 346 g/mol. The molecule has 128 valence electrons. The number of rotatable bonds is 6. The van der Waals surface area contributed by atoms with Gasteiger partial charge in [-0.2, -0.15) is 0 Å². The maximum atomic E-state index is 12.0. The number of nitrogens with zero attached hydrogens (tertiary/aromatic N) is 1. The molecule has 0 spiro atoms. The summed E-state index contributed by atoms with van der Waals surface area (Å²) in [6.45, 7) is 7.81. The van der Waals surface area contributed by atoms with Gasteiger partial charge in [0.2, 0.25) is 5.91 Å². The molecule has 0 saturated heterocycles. The number of carbonyl (C=O) groups excluding carboxylic acids is 1. The molecule has 24 heavy (non-hydrogen) atoms. The van der Waals surface area contributed by atoms with E-state index < -0.39 is 0 Å². The Morgan fingerprint density at radius 2 is 2.04 bits per heavy atom. The number of nitrogens with one attached hydrogen (secondary N) is 1. The smallest absolute Gasteiger partial charge is 0.250 e. The second-order valence-electron chi connectivity index (χ2n) is 5.56. The highest BCUT2D eigenvalue weighted by Gasteiger charge is 2.08. The van der Waals surface area contributed by atoms with Crippen LogP contribution in [-0.4, -0.2) is 24.1 Å². The van der Waals surface area contributed by atoms with Crippen LogP contribution in [0.4, 0.5) is 5.13 Å². The van der Waals surface area contributed by atoms with Crippen molar-refractivity contribution in [2.24, 2.45) is 0 Å². The third-order valence-electron chi connectivity index (χ3n) is 3.24. The number of aryl methyl sites for hydroxylation is 2. The van der Waals surface area contributed by atoms with Gasteiger partial charge in [0.25, 0.3) is 0 Å². The Hall–Kier alpha value is -2.34. The molecule has 2 aromatic rings. The Morgan fingerprint density at radius 1 is 1.29 bits per heavy atom. The lowest BCUT2D eigenvalue weighted by Crippen LogP contribution is -2.07. The van der Waals surface area contributed by atoms with Gasteiger partial charge < -0.3 is 9.47 Å². The molecule has 0 bridgehead atoms. The van der Waals surface area contributed by atoms with E-state index in [-0.39, 0.29) is 12.0 Å². The summed E-state index contributed by atoms with van der Waals surface area (Å²) in [5.41, 5.74) is 1.79. The molecule has 0 aliphatic rings. The van der Waals surface area contributed by atoms with Crippen LogP contribution in [0.15, 0.2) is 24.3 Å². The zero-order chi connectivity index (χ0) is 17.7. The number of hydrogen-bond acceptors (Lipinski definition) is 5. The number of methoxy groups -OCH3 is 1. The predicted octanol–water partition coefficient (Wildman–Crippen LogP) is 4.21. The van der Waals surface area contributed by atoms with E-state index in [2.05, 4.69) is 10.3 Å². The van der Waals surface area contributed by atoms with Crippen LogP contribution in [0.25, 0.3) is 6.08 Å². The van der Waals surface area contributed by atoms with E-state index in [1.165, 1.54) is 17.4 Å². The molecule has 0 radical (unpaired) electrons. The fraction of sp³-hybridized carbons (Fsp3) is 0.333. The Bertz CT molecular complexity index is 731. The summed E-state index contributed by atoms with van der Waals surface area (Å²) in [6.07, 6.45) is 3.27. The number of thiazole rings is 1. The van der Waals surface area contributed by atoms with Gasteiger partial charge in [-0.15, -0.1) is 11.3 Å². The van der Waals surface area contributed by atoms with Crippen LogP contribution in [0.5, 0.6) is 11.5 Å². The first-order valence-corrected chi connectivity index (χ1v) is 8.48. The maximum absolute atomic E-state index is 12.0. The van der Waals surface area contributed by atoms with Gasteiger partial charge in [-0.3, -0.25) is 10.1 Å². The van der Waals surface area contributed by atoms with E-state index in [1.54, 1.807) is 13.2 Å². The zero-order valence-corrected chi connectivity index (χ0v) is 15.4. The minimum Gasteiger partial charge on any atom is -0.493 e. The van der Waals surface area contributed by atoms with Crippen LogP contribution in [0, 0.1) is 13.8 Å². The van der Waals surface area contributed by atoms with Crippen molar-refractivity contribution in [2.45, 2.75) is 33.8 Å². The standard InChI is InChI=1S/C18H22N2O3S/c1-11(2)23-15-8-6-14(10-16(15)22-5)7-9-17(21)20-18-19-12(3)13(4)24-18/h6-11H,1-5H3,(H,19,20,21)/b9-7+. The molecule has 0 aliphatic heterocycles. The van der Waals surface area contributed by atoms with Gasteiger partial charge in [-0.25, -0.2) is 4.98 Å². The molecule has 1 heterocycles. The Kier molecular flexibility index (Phi) is 5.98. The van der Waals surface area contributed by atoms with E-state index >= 15 is 0 Å².